The standard InChI is InChI=1S/C26H35N5OS/c1-20-8-5-6-12-31(20)13-7-11-27-25-24-22(21-9-3-2-4-10-21)19-33-26(24)29-23(28-25)18-30-14-16-32-17-15-30/h2-4,9-10,19-20H,5-8,11-18H2,1H3,(H,27,28,29). The van der Waals surface area contributed by atoms with Gasteiger partial charge in [0, 0.05) is 43.2 Å². The van der Waals surface area contributed by atoms with Crippen molar-refractivity contribution in [3.05, 3.63) is 41.5 Å². The molecule has 2 aromatic heterocycles. The van der Waals surface area contributed by atoms with Gasteiger partial charge < -0.3 is 15.0 Å². The minimum atomic E-state index is 0.714. The van der Waals surface area contributed by atoms with Crippen molar-refractivity contribution in [2.24, 2.45) is 0 Å². The molecule has 3 aromatic rings. The van der Waals surface area contributed by atoms with E-state index < -0.39 is 0 Å². The number of ether oxygens (including phenoxy) is 1. The first-order valence-electron chi connectivity index (χ1n) is 12.4. The van der Waals surface area contributed by atoms with Gasteiger partial charge in [0.2, 0.25) is 0 Å². The van der Waals surface area contributed by atoms with Crippen LogP contribution in [-0.4, -0.2) is 71.7 Å². The molecule has 0 saturated carbocycles. The van der Waals surface area contributed by atoms with Gasteiger partial charge in [0.1, 0.15) is 16.5 Å². The summed E-state index contributed by atoms with van der Waals surface area (Å²) in [5.74, 6) is 1.88. The van der Waals surface area contributed by atoms with Crippen LogP contribution < -0.4 is 5.32 Å². The average Bonchev–Trinajstić information content (AvgIpc) is 3.28. The van der Waals surface area contributed by atoms with Crippen LogP contribution in [0, 0.1) is 0 Å². The molecule has 4 heterocycles. The quantitative estimate of drug-likeness (QED) is 0.479. The van der Waals surface area contributed by atoms with Crippen molar-refractivity contribution in [1.29, 1.82) is 0 Å². The molecule has 0 amide bonds. The van der Waals surface area contributed by atoms with Gasteiger partial charge >= 0.3 is 0 Å². The van der Waals surface area contributed by atoms with Gasteiger partial charge in [-0.3, -0.25) is 4.90 Å². The Hall–Kier alpha value is -2.06. The highest BCUT2D eigenvalue weighted by atomic mass is 32.1. The van der Waals surface area contributed by atoms with Crippen LogP contribution in [-0.2, 0) is 11.3 Å². The number of piperidine rings is 1. The fourth-order valence-electron chi connectivity index (χ4n) is 4.95. The molecule has 176 valence electrons. The highest BCUT2D eigenvalue weighted by Crippen LogP contribution is 2.37. The van der Waals surface area contributed by atoms with E-state index in [1.54, 1.807) is 11.3 Å². The van der Waals surface area contributed by atoms with Gasteiger partial charge in [-0.25, -0.2) is 9.97 Å². The van der Waals surface area contributed by atoms with Crippen LogP contribution in [0.15, 0.2) is 35.7 Å². The molecule has 5 rings (SSSR count). The highest BCUT2D eigenvalue weighted by Gasteiger charge is 2.19. The lowest BCUT2D eigenvalue weighted by Gasteiger charge is -2.33. The first-order valence-corrected chi connectivity index (χ1v) is 13.3. The van der Waals surface area contributed by atoms with Crippen LogP contribution in [0.25, 0.3) is 21.3 Å². The SMILES string of the molecule is CC1CCCCN1CCCNc1nc(CN2CCOCC2)nc2scc(-c3ccccc3)c12. The molecule has 6 nitrogen and oxygen atoms in total. The summed E-state index contributed by atoms with van der Waals surface area (Å²) in [5, 5.41) is 7.09. The second-order valence-corrected chi connectivity index (χ2v) is 10.1. The number of likely N-dealkylation sites (tertiary alicyclic amines) is 1. The minimum Gasteiger partial charge on any atom is -0.379 e. The van der Waals surface area contributed by atoms with Crippen LogP contribution in [0.3, 0.4) is 0 Å². The Bertz CT molecular complexity index is 1030. The number of morpholine rings is 1. The molecule has 7 heteroatoms. The van der Waals surface area contributed by atoms with E-state index in [4.69, 9.17) is 14.7 Å². The van der Waals surface area contributed by atoms with Crippen molar-refractivity contribution in [2.75, 3.05) is 51.3 Å². The van der Waals surface area contributed by atoms with Gasteiger partial charge in [-0.05, 0) is 38.3 Å². The molecule has 1 N–H and O–H groups in total. The molecule has 1 atom stereocenters. The van der Waals surface area contributed by atoms with Gasteiger partial charge in [-0.2, -0.15) is 0 Å². The van der Waals surface area contributed by atoms with E-state index in [2.05, 4.69) is 57.8 Å². The topological polar surface area (TPSA) is 53.5 Å². The third kappa shape index (κ3) is 5.54. The summed E-state index contributed by atoms with van der Waals surface area (Å²) in [5.41, 5.74) is 2.44. The summed E-state index contributed by atoms with van der Waals surface area (Å²) >= 11 is 1.72. The van der Waals surface area contributed by atoms with E-state index in [0.717, 1.165) is 74.2 Å². The fourth-order valence-corrected chi connectivity index (χ4v) is 5.92. The summed E-state index contributed by atoms with van der Waals surface area (Å²) in [6, 6.07) is 11.3. The van der Waals surface area contributed by atoms with E-state index in [0.29, 0.717) is 6.04 Å². The molecule has 1 aromatic carbocycles. The third-order valence-electron chi connectivity index (χ3n) is 6.89. The van der Waals surface area contributed by atoms with E-state index in [1.165, 1.54) is 36.9 Å². The van der Waals surface area contributed by atoms with Crippen molar-refractivity contribution in [2.45, 2.75) is 45.2 Å². The first-order chi connectivity index (χ1) is 16.3. The van der Waals surface area contributed by atoms with Crippen molar-refractivity contribution < 1.29 is 4.74 Å². The summed E-state index contributed by atoms with van der Waals surface area (Å²) in [4.78, 5) is 16.1. The zero-order valence-corrected chi connectivity index (χ0v) is 20.4. The van der Waals surface area contributed by atoms with Gasteiger partial charge in [-0.1, -0.05) is 36.8 Å². The summed E-state index contributed by atoms with van der Waals surface area (Å²) < 4.78 is 5.51. The number of hydrogen-bond donors (Lipinski definition) is 1. The van der Waals surface area contributed by atoms with Gasteiger partial charge in [0.15, 0.2) is 0 Å². The summed E-state index contributed by atoms with van der Waals surface area (Å²) in [7, 11) is 0. The number of rotatable bonds is 8. The van der Waals surface area contributed by atoms with Crippen LogP contribution in [0.5, 0.6) is 0 Å². The maximum atomic E-state index is 5.51. The second kappa shape index (κ2) is 10.9. The van der Waals surface area contributed by atoms with Crippen molar-refractivity contribution in [3.63, 3.8) is 0 Å². The molecule has 2 fully saturated rings. The average molecular weight is 466 g/mol. The van der Waals surface area contributed by atoms with Crippen LogP contribution >= 0.6 is 11.3 Å². The summed E-state index contributed by atoms with van der Waals surface area (Å²) in [6.45, 7) is 9.93. The first kappa shape index (κ1) is 22.7. The molecular formula is C26H35N5OS. The maximum absolute atomic E-state index is 5.51. The largest absolute Gasteiger partial charge is 0.379 e. The van der Waals surface area contributed by atoms with Crippen molar-refractivity contribution in [1.82, 2.24) is 19.8 Å². The number of aromatic nitrogens is 2. The number of nitrogens with zero attached hydrogens (tertiary/aromatic N) is 4. The predicted molar refractivity (Wildman–Crippen MR) is 137 cm³/mol. The van der Waals surface area contributed by atoms with Gasteiger partial charge in [-0.15, -0.1) is 11.3 Å². The molecule has 0 bridgehead atoms. The number of nitrogens with one attached hydrogen (secondary N) is 1. The molecule has 2 saturated heterocycles. The third-order valence-corrected chi connectivity index (χ3v) is 7.76. The maximum Gasteiger partial charge on any atom is 0.146 e. The molecule has 0 radical (unpaired) electrons. The highest BCUT2D eigenvalue weighted by molar-refractivity contribution is 7.17. The molecule has 1 unspecified atom stereocenters. The van der Waals surface area contributed by atoms with Crippen LogP contribution in [0.2, 0.25) is 0 Å². The molecule has 0 spiro atoms. The van der Waals surface area contributed by atoms with Crippen LogP contribution in [0.4, 0.5) is 5.82 Å². The molecule has 33 heavy (non-hydrogen) atoms. The van der Waals surface area contributed by atoms with Crippen LogP contribution in [0.1, 0.15) is 38.4 Å². The van der Waals surface area contributed by atoms with Gasteiger partial charge in [0.05, 0.1) is 25.1 Å². The fraction of sp³-hybridized carbons (Fsp3) is 0.538. The number of fused-ring (bicyclic) bond motifs is 1. The smallest absolute Gasteiger partial charge is 0.146 e. The number of anilines is 1. The Balaban J connectivity index is 1.36. The Labute approximate surface area is 201 Å². The number of hydrogen-bond acceptors (Lipinski definition) is 7. The Kier molecular flexibility index (Phi) is 7.51. The Morgan fingerprint density at radius 3 is 2.76 bits per heavy atom. The van der Waals surface area contributed by atoms with E-state index in [-0.39, 0.29) is 0 Å². The lowest BCUT2D eigenvalue weighted by molar-refractivity contribution is 0.0331. The second-order valence-electron chi connectivity index (χ2n) is 9.23. The zero-order valence-electron chi connectivity index (χ0n) is 19.6. The van der Waals surface area contributed by atoms with E-state index >= 15 is 0 Å². The molecular weight excluding hydrogens is 430 g/mol. The monoisotopic (exact) mass is 465 g/mol. The summed E-state index contributed by atoms with van der Waals surface area (Å²) in [6.07, 6.45) is 5.17. The van der Waals surface area contributed by atoms with Crippen molar-refractivity contribution in [3.8, 4) is 11.1 Å². The lowest BCUT2D eigenvalue weighted by Crippen LogP contribution is -2.38. The molecule has 2 aliphatic rings. The Morgan fingerprint density at radius 1 is 1.09 bits per heavy atom. The molecule has 2 aliphatic heterocycles. The zero-order chi connectivity index (χ0) is 22.5. The predicted octanol–water partition coefficient (Wildman–Crippen LogP) is 4.87. The minimum absolute atomic E-state index is 0.714. The van der Waals surface area contributed by atoms with Gasteiger partial charge in [0.25, 0.3) is 0 Å². The molecule has 0 aliphatic carbocycles. The normalized spacial score (nSPS) is 20.3. The van der Waals surface area contributed by atoms with E-state index in [1.807, 2.05) is 0 Å². The lowest BCUT2D eigenvalue weighted by atomic mass is 10.0. The number of thiophene rings is 1. The van der Waals surface area contributed by atoms with E-state index in [9.17, 15) is 0 Å². The number of benzene rings is 1. The van der Waals surface area contributed by atoms with Crippen molar-refractivity contribution >= 4 is 27.4 Å². The Morgan fingerprint density at radius 2 is 1.94 bits per heavy atom.